The normalized spacial score (nSPS) is 25.0. The van der Waals surface area contributed by atoms with Crippen LogP contribution in [-0.4, -0.2) is 11.8 Å². The van der Waals surface area contributed by atoms with Gasteiger partial charge in [0.15, 0.2) is 5.72 Å². The predicted molar refractivity (Wildman–Crippen MR) is 121 cm³/mol. The zero-order valence-electron chi connectivity index (χ0n) is 15.9. The molecule has 0 saturated carbocycles. The Morgan fingerprint density at radius 2 is 1.72 bits per heavy atom. The Morgan fingerprint density at radius 3 is 2.55 bits per heavy atom. The van der Waals surface area contributed by atoms with Gasteiger partial charge in [0.1, 0.15) is 5.75 Å². The Labute approximate surface area is 178 Å². The molecule has 3 nitrogen and oxygen atoms in total. The summed E-state index contributed by atoms with van der Waals surface area (Å²) in [7, 11) is 0. The molecule has 3 aliphatic rings. The van der Waals surface area contributed by atoms with Gasteiger partial charge in [0.25, 0.3) is 0 Å². The highest BCUT2D eigenvalue weighted by Crippen LogP contribution is 2.47. The Morgan fingerprint density at radius 1 is 0.931 bits per heavy atom. The van der Waals surface area contributed by atoms with Crippen molar-refractivity contribution in [3.63, 3.8) is 0 Å². The number of hydrogen-bond donors (Lipinski definition) is 2. The first-order valence-corrected chi connectivity index (χ1v) is 10.9. The second-order valence-corrected chi connectivity index (χ2v) is 9.09. The minimum absolute atomic E-state index is 0.299. The average molecular weight is 445 g/mol. The summed E-state index contributed by atoms with van der Waals surface area (Å²) in [5, 5.41) is 7.36. The highest BCUT2D eigenvalue weighted by atomic mass is 79.9. The van der Waals surface area contributed by atoms with Crippen LogP contribution in [0, 0.1) is 0 Å². The summed E-state index contributed by atoms with van der Waals surface area (Å²) in [4.78, 5) is 0. The molecule has 2 N–H and O–H groups in total. The zero-order valence-corrected chi connectivity index (χ0v) is 17.5. The van der Waals surface area contributed by atoms with Gasteiger partial charge in [-0.05, 0) is 53.5 Å². The van der Waals surface area contributed by atoms with Crippen LogP contribution in [0.3, 0.4) is 0 Å². The second-order valence-electron chi connectivity index (χ2n) is 8.18. The number of rotatable bonds is 1. The minimum Gasteiger partial charge on any atom is -0.467 e. The largest absolute Gasteiger partial charge is 0.467 e. The lowest BCUT2D eigenvalue weighted by molar-refractivity contribution is 0.104. The van der Waals surface area contributed by atoms with E-state index in [0.29, 0.717) is 6.04 Å². The van der Waals surface area contributed by atoms with Crippen LogP contribution >= 0.6 is 15.9 Å². The fourth-order valence-corrected chi connectivity index (χ4v) is 5.23. The smallest absolute Gasteiger partial charge is 0.188 e. The van der Waals surface area contributed by atoms with Crippen molar-refractivity contribution in [2.45, 2.75) is 31.0 Å². The predicted octanol–water partition coefficient (Wildman–Crippen LogP) is 6.02. The Hall–Kier alpha value is -2.72. The van der Waals surface area contributed by atoms with Crippen LogP contribution in [-0.2, 0) is 12.8 Å². The van der Waals surface area contributed by atoms with Crippen LogP contribution in [0.15, 0.2) is 77.3 Å². The maximum absolute atomic E-state index is 6.58. The van der Waals surface area contributed by atoms with Crippen LogP contribution < -0.4 is 15.4 Å². The highest BCUT2D eigenvalue weighted by Gasteiger charge is 2.43. The van der Waals surface area contributed by atoms with Gasteiger partial charge in [-0.15, -0.1) is 0 Å². The van der Waals surface area contributed by atoms with Crippen molar-refractivity contribution in [3.8, 4) is 5.75 Å². The van der Waals surface area contributed by atoms with Crippen molar-refractivity contribution < 1.29 is 4.74 Å². The standard InChI is InChI=1S/C25H21BrN2O/c26-19-9-10-24-21(13-19)18(12-20-11-16-5-1-3-7-22(16)27-20)15-25(29-24)14-17-6-2-4-8-23(17)28-25/h1-10,12-13,20,27-28H,11,14-15H2. The van der Waals surface area contributed by atoms with E-state index in [4.69, 9.17) is 4.74 Å². The quantitative estimate of drug-likeness (QED) is 0.481. The van der Waals surface area contributed by atoms with Gasteiger partial charge in [0, 0.05) is 40.3 Å². The van der Waals surface area contributed by atoms with Gasteiger partial charge in [0.05, 0.1) is 0 Å². The molecule has 0 radical (unpaired) electrons. The Bertz CT molecular complexity index is 1100. The maximum Gasteiger partial charge on any atom is 0.188 e. The molecule has 4 heteroatoms. The van der Waals surface area contributed by atoms with Gasteiger partial charge in [0.2, 0.25) is 0 Å². The van der Waals surface area contributed by atoms with Gasteiger partial charge in [-0.1, -0.05) is 58.4 Å². The SMILES string of the molecule is Brc1ccc2c(c1)C(=CC1Cc3ccccc3N1)CC1(Cc3ccccc3N1)O2. The lowest BCUT2D eigenvalue weighted by Crippen LogP contribution is -2.45. The summed E-state index contributed by atoms with van der Waals surface area (Å²) in [6.07, 6.45) is 5.12. The summed E-state index contributed by atoms with van der Waals surface area (Å²) in [6, 6.07) is 23.7. The van der Waals surface area contributed by atoms with E-state index in [1.54, 1.807) is 0 Å². The molecular weight excluding hydrogens is 424 g/mol. The van der Waals surface area contributed by atoms with Crippen LogP contribution in [0.25, 0.3) is 5.57 Å². The van der Waals surface area contributed by atoms with E-state index < -0.39 is 5.72 Å². The third kappa shape index (κ3) is 2.94. The Kier molecular flexibility index (Phi) is 3.78. The molecule has 0 amide bonds. The first-order chi connectivity index (χ1) is 14.2. The molecule has 1 spiro atoms. The number of para-hydroxylation sites is 2. The lowest BCUT2D eigenvalue weighted by atomic mass is 9.89. The summed E-state index contributed by atoms with van der Waals surface area (Å²) < 4.78 is 7.66. The topological polar surface area (TPSA) is 33.3 Å². The molecule has 2 atom stereocenters. The molecule has 3 heterocycles. The molecule has 3 aromatic rings. The van der Waals surface area contributed by atoms with Crippen LogP contribution in [0.5, 0.6) is 5.75 Å². The van der Waals surface area contributed by atoms with Crippen molar-refractivity contribution in [1.29, 1.82) is 0 Å². The molecule has 3 aromatic carbocycles. The van der Waals surface area contributed by atoms with E-state index in [9.17, 15) is 0 Å². The molecule has 2 unspecified atom stereocenters. The van der Waals surface area contributed by atoms with Gasteiger partial charge < -0.3 is 15.4 Å². The number of halogens is 1. The van der Waals surface area contributed by atoms with Gasteiger partial charge in [-0.25, -0.2) is 0 Å². The van der Waals surface area contributed by atoms with Gasteiger partial charge >= 0.3 is 0 Å². The fraction of sp³-hybridized carbons (Fsp3) is 0.200. The molecule has 0 aliphatic carbocycles. The highest BCUT2D eigenvalue weighted by molar-refractivity contribution is 9.10. The molecule has 0 fully saturated rings. The summed E-state index contributed by atoms with van der Waals surface area (Å²) in [5.41, 5.74) is 7.23. The average Bonchev–Trinajstić information content (AvgIpc) is 3.28. The molecular formula is C25H21BrN2O. The zero-order chi connectivity index (χ0) is 19.4. The van der Waals surface area contributed by atoms with E-state index in [2.05, 4.69) is 99.4 Å². The Balaban J connectivity index is 1.39. The fourth-order valence-electron chi connectivity index (χ4n) is 4.87. The van der Waals surface area contributed by atoms with Gasteiger partial charge in [-0.2, -0.15) is 0 Å². The van der Waals surface area contributed by atoms with Crippen molar-refractivity contribution in [2.75, 3.05) is 10.6 Å². The lowest BCUT2D eigenvalue weighted by Gasteiger charge is -2.38. The van der Waals surface area contributed by atoms with E-state index in [1.807, 2.05) is 0 Å². The molecule has 0 aromatic heterocycles. The molecule has 0 bridgehead atoms. The number of ether oxygens (including phenoxy) is 1. The summed E-state index contributed by atoms with van der Waals surface area (Å²) in [6.45, 7) is 0. The number of hydrogen-bond acceptors (Lipinski definition) is 3. The number of anilines is 2. The molecule has 144 valence electrons. The monoisotopic (exact) mass is 444 g/mol. The summed E-state index contributed by atoms with van der Waals surface area (Å²) >= 11 is 3.64. The number of nitrogens with one attached hydrogen (secondary N) is 2. The van der Waals surface area contributed by atoms with Crippen LogP contribution in [0.4, 0.5) is 11.4 Å². The first kappa shape index (κ1) is 17.2. The van der Waals surface area contributed by atoms with Crippen LogP contribution in [0.2, 0.25) is 0 Å². The number of benzene rings is 3. The minimum atomic E-state index is -0.415. The molecule has 0 saturated heterocycles. The number of fused-ring (bicyclic) bond motifs is 3. The van der Waals surface area contributed by atoms with Crippen molar-refractivity contribution in [1.82, 2.24) is 0 Å². The second kappa shape index (κ2) is 6.39. The van der Waals surface area contributed by atoms with Crippen LogP contribution in [0.1, 0.15) is 23.1 Å². The first-order valence-electron chi connectivity index (χ1n) is 10.1. The van der Waals surface area contributed by atoms with E-state index in [-0.39, 0.29) is 0 Å². The van der Waals surface area contributed by atoms with E-state index in [0.717, 1.165) is 29.5 Å². The summed E-state index contributed by atoms with van der Waals surface area (Å²) in [5.74, 6) is 0.946. The van der Waals surface area contributed by atoms with E-state index in [1.165, 1.54) is 33.6 Å². The van der Waals surface area contributed by atoms with Gasteiger partial charge in [-0.3, -0.25) is 0 Å². The maximum atomic E-state index is 6.58. The van der Waals surface area contributed by atoms with Crippen molar-refractivity contribution in [2.24, 2.45) is 0 Å². The molecule has 3 aliphatic heterocycles. The van der Waals surface area contributed by atoms with Crippen molar-refractivity contribution >= 4 is 32.9 Å². The molecule has 29 heavy (non-hydrogen) atoms. The van der Waals surface area contributed by atoms with E-state index >= 15 is 0 Å². The third-order valence-corrected chi connectivity index (χ3v) is 6.62. The molecule has 6 rings (SSSR count). The third-order valence-electron chi connectivity index (χ3n) is 6.13. The van der Waals surface area contributed by atoms with Crippen molar-refractivity contribution in [3.05, 3.63) is 94.0 Å².